The van der Waals surface area contributed by atoms with Crippen LogP contribution in [0.2, 0.25) is 0 Å². The van der Waals surface area contributed by atoms with Crippen LogP contribution in [0.5, 0.6) is 5.75 Å². The zero-order valence-corrected chi connectivity index (χ0v) is 13.3. The van der Waals surface area contributed by atoms with E-state index in [2.05, 4.69) is 20.7 Å². The van der Waals surface area contributed by atoms with Crippen molar-refractivity contribution in [2.24, 2.45) is 0 Å². The van der Waals surface area contributed by atoms with Crippen molar-refractivity contribution in [3.63, 3.8) is 0 Å². The minimum atomic E-state index is -4.76. The van der Waals surface area contributed by atoms with Gasteiger partial charge in [0.1, 0.15) is 5.75 Å². The number of nitrogens with one attached hydrogen (secondary N) is 3. The van der Waals surface area contributed by atoms with Crippen molar-refractivity contribution in [3.05, 3.63) is 29.8 Å². The molecule has 2 rings (SSSR count). The smallest absolute Gasteiger partial charge is 0.405 e. The summed E-state index contributed by atoms with van der Waals surface area (Å²) in [5.41, 5.74) is 0.262. The molecule has 1 aromatic carbocycles. The molecule has 3 N–H and O–H groups in total. The van der Waals surface area contributed by atoms with E-state index in [1.54, 1.807) is 6.07 Å². The summed E-state index contributed by atoms with van der Waals surface area (Å²) in [6, 6.07) is 5.56. The SMILES string of the molecule is O=C(NCc1ccccc1OC(F)(F)F)NCC1CCCCCN1. The Morgan fingerprint density at radius 3 is 2.79 bits per heavy atom. The van der Waals surface area contributed by atoms with Gasteiger partial charge in [-0.05, 0) is 25.5 Å². The summed E-state index contributed by atoms with van der Waals surface area (Å²) in [5, 5.41) is 8.66. The molecule has 1 saturated heterocycles. The van der Waals surface area contributed by atoms with Crippen molar-refractivity contribution in [1.82, 2.24) is 16.0 Å². The number of hydrogen-bond acceptors (Lipinski definition) is 3. The van der Waals surface area contributed by atoms with Gasteiger partial charge >= 0.3 is 12.4 Å². The van der Waals surface area contributed by atoms with Crippen molar-refractivity contribution in [2.75, 3.05) is 13.1 Å². The Morgan fingerprint density at radius 2 is 2.00 bits per heavy atom. The lowest BCUT2D eigenvalue weighted by molar-refractivity contribution is -0.274. The fraction of sp³-hybridized carbons (Fsp3) is 0.562. The Hall–Kier alpha value is -1.96. The quantitative estimate of drug-likeness (QED) is 0.769. The van der Waals surface area contributed by atoms with Gasteiger partial charge in [-0.2, -0.15) is 0 Å². The van der Waals surface area contributed by atoms with Gasteiger partial charge in [0, 0.05) is 24.7 Å². The van der Waals surface area contributed by atoms with Crippen LogP contribution >= 0.6 is 0 Å². The Labute approximate surface area is 138 Å². The molecule has 8 heteroatoms. The summed E-state index contributed by atoms with van der Waals surface area (Å²) in [7, 11) is 0. The zero-order chi connectivity index (χ0) is 17.4. The number of para-hydroxylation sites is 1. The van der Waals surface area contributed by atoms with E-state index in [0.717, 1.165) is 25.8 Å². The Morgan fingerprint density at radius 1 is 1.21 bits per heavy atom. The summed E-state index contributed by atoms with van der Waals surface area (Å²) in [6.07, 6.45) is -0.306. The predicted molar refractivity (Wildman–Crippen MR) is 83.6 cm³/mol. The maximum absolute atomic E-state index is 12.4. The van der Waals surface area contributed by atoms with Gasteiger partial charge in [-0.1, -0.05) is 31.0 Å². The van der Waals surface area contributed by atoms with E-state index >= 15 is 0 Å². The van der Waals surface area contributed by atoms with Crippen molar-refractivity contribution < 1.29 is 22.7 Å². The van der Waals surface area contributed by atoms with Gasteiger partial charge in [0.25, 0.3) is 0 Å². The van der Waals surface area contributed by atoms with Gasteiger partial charge in [-0.3, -0.25) is 0 Å². The summed E-state index contributed by atoms with van der Waals surface area (Å²) in [4.78, 5) is 11.8. The van der Waals surface area contributed by atoms with Crippen molar-refractivity contribution >= 4 is 6.03 Å². The maximum atomic E-state index is 12.4. The summed E-state index contributed by atoms with van der Waals surface area (Å²) >= 11 is 0. The second kappa shape index (κ2) is 8.77. The topological polar surface area (TPSA) is 62.4 Å². The first-order valence-corrected chi connectivity index (χ1v) is 8.03. The highest BCUT2D eigenvalue weighted by molar-refractivity contribution is 5.73. The second-order valence-electron chi connectivity index (χ2n) is 5.72. The lowest BCUT2D eigenvalue weighted by atomic mass is 10.1. The third kappa shape index (κ3) is 6.66. The molecule has 1 fully saturated rings. The Kier molecular flexibility index (Phi) is 6.72. The highest BCUT2D eigenvalue weighted by Gasteiger charge is 2.31. The molecule has 0 aromatic heterocycles. The van der Waals surface area contributed by atoms with Gasteiger partial charge in [-0.25, -0.2) is 4.79 Å². The zero-order valence-electron chi connectivity index (χ0n) is 13.3. The lowest BCUT2D eigenvalue weighted by Crippen LogP contribution is -2.44. The van der Waals surface area contributed by atoms with Gasteiger partial charge < -0.3 is 20.7 Å². The third-order valence-corrected chi connectivity index (χ3v) is 3.81. The van der Waals surface area contributed by atoms with Gasteiger partial charge in [0.05, 0.1) is 0 Å². The molecule has 134 valence electrons. The van der Waals surface area contributed by atoms with Crippen LogP contribution in [0.1, 0.15) is 31.2 Å². The van der Waals surface area contributed by atoms with Crippen molar-refractivity contribution in [1.29, 1.82) is 0 Å². The van der Waals surface area contributed by atoms with E-state index in [4.69, 9.17) is 0 Å². The van der Waals surface area contributed by atoms with Crippen molar-refractivity contribution in [3.8, 4) is 5.75 Å². The first-order chi connectivity index (χ1) is 11.4. The molecule has 0 saturated carbocycles. The molecular formula is C16H22F3N3O2. The predicted octanol–water partition coefficient (Wildman–Crippen LogP) is 2.92. The average Bonchev–Trinajstić information content (AvgIpc) is 2.79. The number of carbonyl (C=O) groups is 1. The molecule has 1 aromatic rings. The van der Waals surface area contributed by atoms with E-state index in [1.165, 1.54) is 24.6 Å². The van der Waals surface area contributed by atoms with Crippen LogP contribution in [0.3, 0.4) is 0 Å². The minimum Gasteiger partial charge on any atom is -0.405 e. The molecule has 1 atom stereocenters. The number of amides is 2. The summed E-state index contributed by atoms with van der Waals surface area (Å²) < 4.78 is 41.0. The molecule has 0 spiro atoms. The number of hydrogen-bond donors (Lipinski definition) is 3. The molecule has 24 heavy (non-hydrogen) atoms. The van der Waals surface area contributed by atoms with E-state index in [-0.39, 0.29) is 23.9 Å². The molecule has 1 unspecified atom stereocenters. The third-order valence-electron chi connectivity index (χ3n) is 3.81. The van der Waals surface area contributed by atoms with Crippen LogP contribution in [0.4, 0.5) is 18.0 Å². The number of halogens is 3. The Balaban J connectivity index is 1.79. The molecule has 1 aliphatic heterocycles. The van der Waals surface area contributed by atoms with Crippen molar-refractivity contribution in [2.45, 2.75) is 44.6 Å². The monoisotopic (exact) mass is 345 g/mol. The first-order valence-electron chi connectivity index (χ1n) is 8.03. The molecule has 1 aliphatic rings. The lowest BCUT2D eigenvalue weighted by Gasteiger charge is -2.17. The molecule has 0 aliphatic carbocycles. The molecule has 2 amide bonds. The van der Waals surface area contributed by atoms with E-state index in [1.807, 2.05) is 0 Å². The standard InChI is InChI=1S/C16H22F3N3O2/c17-16(18,19)24-14-8-4-3-6-12(14)10-21-15(23)22-11-13-7-2-1-5-9-20-13/h3-4,6,8,13,20H,1-2,5,7,9-11H2,(H2,21,22,23). The minimum absolute atomic E-state index is 0.0455. The van der Waals surface area contributed by atoms with Crippen LogP contribution in [0.25, 0.3) is 0 Å². The van der Waals surface area contributed by atoms with E-state index in [9.17, 15) is 18.0 Å². The number of alkyl halides is 3. The van der Waals surface area contributed by atoms with E-state index in [0.29, 0.717) is 6.54 Å². The summed E-state index contributed by atoms with van der Waals surface area (Å²) in [6.45, 7) is 1.39. The normalized spacial score (nSPS) is 18.5. The number of rotatable bonds is 5. The van der Waals surface area contributed by atoms with Crippen LogP contribution in [0, 0.1) is 0 Å². The Bertz CT molecular complexity index is 530. The molecule has 1 heterocycles. The summed E-state index contributed by atoms with van der Waals surface area (Å²) in [5.74, 6) is -0.310. The molecule has 0 bridgehead atoms. The molecule has 0 radical (unpaired) electrons. The highest BCUT2D eigenvalue weighted by atomic mass is 19.4. The van der Waals surface area contributed by atoms with Crippen LogP contribution in [-0.2, 0) is 6.54 Å². The highest BCUT2D eigenvalue weighted by Crippen LogP contribution is 2.25. The van der Waals surface area contributed by atoms with E-state index < -0.39 is 12.4 Å². The fourth-order valence-electron chi connectivity index (χ4n) is 2.60. The number of carbonyl (C=O) groups excluding carboxylic acids is 1. The molecule has 5 nitrogen and oxygen atoms in total. The second-order valence-corrected chi connectivity index (χ2v) is 5.72. The molecular weight excluding hydrogens is 323 g/mol. The number of urea groups is 1. The van der Waals surface area contributed by atoms with Gasteiger partial charge in [-0.15, -0.1) is 13.2 Å². The number of ether oxygens (including phenoxy) is 1. The van der Waals surface area contributed by atoms with Crippen LogP contribution in [0.15, 0.2) is 24.3 Å². The number of benzene rings is 1. The van der Waals surface area contributed by atoms with Crippen LogP contribution < -0.4 is 20.7 Å². The maximum Gasteiger partial charge on any atom is 0.573 e. The van der Waals surface area contributed by atoms with Gasteiger partial charge in [0.15, 0.2) is 0 Å². The first kappa shape index (κ1) is 18.4. The average molecular weight is 345 g/mol. The fourth-order valence-corrected chi connectivity index (χ4v) is 2.60. The largest absolute Gasteiger partial charge is 0.573 e. The van der Waals surface area contributed by atoms with Gasteiger partial charge in [0.2, 0.25) is 0 Å². The van der Waals surface area contributed by atoms with Crippen LogP contribution in [-0.4, -0.2) is 31.5 Å².